The minimum atomic E-state index is -1.34. The van der Waals surface area contributed by atoms with Gasteiger partial charge >= 0.3 is 0 Å². The zero-order valence-electron chi connectivity index (χ0n) is 15.3. The van der Waals surface area contributed by atoms with Crippen molar-refractivity contribution in [3.63, 3.8) is 0 Å². The van der Waals surface area contributed by atoms with Gasteiger partial charge in [-0.2, -0.15) is 0 Å². The van der Waals surface area contributed by atoms with Crippen LogP contribution in [0.2, 0.25) is 0 Å². The van der Waals surface area contributed by atoms with Crippen LogP contribution in [-0.4, -0.2) is 45.2 Å². The third-order valence-corrected chi connectivity index (χ3v) is 8.16. The van der Waals surface area contributed by atoms with Gasteiger partial charge < -0.3 is 15.3 Å². The molecule has 0 saturated heterocycles. The van der Waals surface area contributed by atoms with Crippen molar-refractivity contribution >= 4 is 11.6 Å². The van der Waals surface area contributed by atoms with Gasteiger partial charge in [-0.1, -0.05) is 27.7 Å². The number of carbonyl (C=O) groups excluding carboxylic acids is 2. The fraction of sp³-hybridized carbons (Fsp3) is 0.800. The Morgan fingerprint density at radius 2 is 1.68 bits per heavy atom. The van der Waals surface area contributed by atoms with E-state index in [2.05, 4.69) is 6.92 Å². The molecule has 138 valence electrons. The summed E-state index contributed by atoms with van der Waals surface area (Å²) < 4.78 is 0. The lowest BCUT2D eigenvalue weighted by molar-refractivity contribution is -0.150. The smallest absolute Gasteiger partial charge is 0.189 e. The summed E-state index contributed by atoms with van der Waals surface area (Å²) in [5.74, 6) is -0.601. The Balaban J connectivity index is 1.93. The van der Waals surface area contributed by atoms with Gasteiger partial charge in [0.1, 0.15) is 12.2 Å². The summed E-state index contributed by atoms with van der Waals surface area (Å²) in [6.07, 6.45) is -1.67. The summed E-state index contributed by atoms with van der Waals surface area (Å²) in [5, 5.41) is 32.3. The van der Waals surface area contributed by atoms with Gasteiger partial charge in [-0.05, 0) is 37.0 Å². The molecule has 2 fully saturated rings. The molecule has 0 amide bonds. The standard InChI is InChI=1S/C20H28O5/c1-8-5-6-19(4)12(10(8)3)15(22)14(21)11-13(19)16(23)18(25)20(17(11)24)7-9(20)2/h8-10,12,14-15,18,21-22,25H,5-7H2,1-4H3. The van der Waals surface area contributed by atoms with E-state index in [9.17, 15) is 24.9 Å². The lowest BCUT2D eigenvalue weighted by Gasteiger charge is -2.56. The van der Waals surface area contributed by atoms with E-state index in [0.29, 0.717) is 24.3 Å². The van der Waals surface area contributed by atoms with Crippen LogP contribution in [-0.2, 0) is 9.59 Å². The van der Waals surface area contributed by atoms with Gasteiger partial charge in [0.2, 0.25) is 0 Å². The average Bonchev–Trinajstić information content (AvgIpc) is 3.23. The van der Waals surface area contributed by atoms with Gasteiger partial charge in [-0.15, -0.1) is 0 Å². The number of carbonyl (C=O) groups is 2. The highest BCUT2D eigenvalue weighted by Gasteiger charge is 2.71. The maximum atomic E-state index is 13.2. The number of rotatable bonds is 0. The molecule has 0 bridgehead atoms. The van der Waals surface area contributed by atoms with E-state index in [-0.39, 0.29) is 29.1 Å². The minimum Gasteiger partial charge on any atom is -0.390 e. The third kappa shape index (κ3) is 1.84. The summed E-state index contributed by atoms with van der Waals surface area (Å²) in [7, 11) is 0. The summed E-state index contributed by atoms with van der Waals surface area (Å²) >= 11 is 0. The maximum Gasteiger partial charge on any atom is 0.189 e. The zero-order chi connectivity index (χ0) is 18.5. The largest absolute Gasteiger partial charge is 0.390 e. The lowest BCUT2D eigenvalue weighted by Crippen LogP contribution is -2.61. The van der Waals surface area contributed by atoms with E-state index >= 15 is 0 Å². The first-order valence-electron chi connectivity index (χ1n) is 9.47. The molecular weight excluding hydrogens is 320 g/mol. The second-order valence-electron chi connectivity index (χ2n) is 9.28. The van der Waals surface area contributed by atoms with Crippen molar-refractivity contribution in [3.05, 3.63) is 11.1 Å². The highest BCUT2D eigenvalue weighted by Crippen LogP contribution is 2.65. The van der Waals surface area contributed by atoms with Crippen LogP contribution in [0, 0.1) is 34.5 Å². The Hall–Kier alpha value is -1.04. The quantitative estimate of drug-likeness (QED) is 0.612. The van der Waals surface area contributed by atoms with Gasteiger partial charge in [0.15, 0.2) is 11.6 Å². The number of aliphatic hydroxyl groups is 3. The van der Waals surface area contributed by atoms with Crippen LogP contribution in [0.15, 0.2) is 11.1 Å². The van der Waals surface area contributed by atoms with Crippen LogP contribution in [0.5, 0.6) is 0 Å². The molecule has 0 radical (unpaired) electrons. The van der Waals surface area contributed by atoms with Crippen molar-refractivity contribution in [1.29, 1.82) is 0 Å². The van der Waals surface area contributed by atoms with Crippen LogP contribution in [0.25, 0.3) is 0 Å². The van der Waals surface area contributed by atoms with E-state index in [0.717, 1.165) is 6.42 Å². The first-order valence-corrected chi connectivity index (χ1v) is 9.47. The molecule has 0 aromatic rings. The van der Waals surface area contributed by atoms with Gasteiger partial charge in [-0.3, -0.25) is 9.59 Å². The molecule has 1 spiro atoms. The third-order valence-electron chi connectivity index (χ3n) is 8.16. The molecular formula is C20H28O5. The van der Waals surface area contributed by atoms with Crippen molar-refractivity contribution in [2.75, 3.05) is 0 Å². The number of Topliss-reactive ketones (excluding diaryl/α,β-unsaturated/α-hetero) is 2. The molecule has 0 aromatic heterocycles. The van der Waals surface area contributed by atoms with E-state index in [1.807, 2.05) is 20.8 Å². The van der Waals surface area contributed by atoms with Crippen LogP contribution >= 0.6 is 0 Å². The van der Waals surface area contributed by atoms with Crippen LogP contribution in [0.3, 0.4) is 0 Å². The number of fused-ring (bicyclic) bond motifs is 2. The molecule has 25 heavy (non-hydrogen) atoms. The summed E-state index contributed by atoms with van der Waals surface area (Å²) in [4.78, 5) is 26.3. The van der Waals surface area contributed by atoms with Crippen molar-refractivity contribution in [2.45, 2.75) is 65.3 Å². The predicted octanol–water partition coefficient (Wildman–Crippen LogP) is 1.25. The van der Waals surface area contributed by atoms with Gasteiger partial charge in [0.25, 0.3) is 0 Å². The van der Waals surface area contributed by atoms with Crippen molar-refractivity contribution < 1.29 is 24.9 Å². The van der Waals surface area contributed by atoms with Crippen molar-refractivity contribution in [3.8, 4) is 0 Å². The minimum absolute atomic E-state index is 0.0758. The first-order chi connectivity index (χ1) is 11.6. The Morgan fingerprint density at radius 3 is 2.24 bits per heavy atom. The highest BCUT2D eigenvalue weighted by atomic mass is 16.3. The Bertz CT molecular complexity index is 696. The maximum absolute atomic E-state index is 13.2. The molecule has 0 aliphatic heterocycles. The fourth-order valence-electron chi connectivity index (χ4n) is 6.25. The molecule has 5 nitrogen and oxygen atoms in total. The molecule has 4 rings (SSSR count). The predicted molar refractivity (Wildman–Crippen MR) is 90.4 cm³/mol. The monoisotopic (exact) mass is 348 g/mol. The SMILES string of the molecule is CC1CCC2(C)C3=C(C(=O)C4(CC4C)C(O)C3=O)C(O)C(O)C2C1C. The van der Waals surface area contributed by atoms with E-state index in [1.54, 1.807) is 0 Å². The summed E-state index contributed by atoms with van der Waals surface area (Å²) in [6.45, 7) is 7.94. The number of hydrogen-bond donors (Lipinski definition) is 3. The Kier molecular flexibility index (Phi) is 3.49. The van der Waals surface area contributed by atoms with Crippen molar-refractivity contribution in [1.82, 2.24) is 0 Å². The van der Waals surface area contributed by atoms with E-state index in [1.165, 1.54) is 0 Å². The normalized spacial score (nSPS) is 55.2. The number of aliphatic hydroxyl groups excluding tert-OH is 3. The highest BCUT2D eigenvalue weighted by molar-refractivity contribution is 6.19. The molecule has 4 aliphatic carbocycles. The summed E-state index contributed by atoms with van der Waals surface area (Å²) in [6, 6.07) is 0. The number of ketones is 2. The van der Waals surface area contributed by atoms with Gasteiger partial charge in [-0.25, -0.2) is 0 Å². The topological polar surface area (TPSA) is 94.8 Å². The molecule has 3 N–H and O–H groups in total. The Morgan fingerprint density at radius 1 is 1.08 bits per heavy atom. The molecule has 4 aliphatic rings. The molecule has 2 saturated carbocycles. The van der Waals surface area contributed by atoms with Gasteiger partial charge in [0.05, 0.1) is 11.5 Å². The molecule has 9 atom stereocenters. The van der Waals surface area contributed by atoms with Crippen molar-refractivity contribution in [2.24, 2.45) is 34.5 Å². The van der Waals surface area contributed by atoms with Crippen LogP contribution in [0.1, 0.15) is 47.0 Å². The van der Waals surface area contributed by atoms with E-state index in [4.69, 9.17) is 0 Å². The summed E-state index contributed by atoms with van der Waals surface area (Å²) in [5.41, 5.74) is -1.36. The van der Waals surface area contributed by atoms with E-state index < -0.39 is 34.9 Å². The average molecular weight is 348 g/mol. The number of hydrogen-bond acceptors (Lipinski definition) is 5. The Labute approximate surface area is 148 Å². The lowest BCUT2D eigenvalue weighted by atomic mass is 9.48. The van der Waals surface area contributed by atoms with Crippen LogP contribution < -0.4 is 0 Å². The zero-order valence-corrected chi connectivity index (χ0v) is 15.3. The molecule has 0 aromatic carbocycles. The molecule has 9 unspecified atom stereocenters. The second kappa shape index (κ2) is 5.02. The van der Waals surface area contributed by atoms with Crippen LogP contribution in [0.4, 0.5) is 0 Å². The van der Waals surface area contributed by atoms with Gasteiger partial charge in [0, 0.05) is 22.5 Å². The molecule has 5 heteroatoms. The fourth-order valence-corrected chi connectivity index (χ4v) is 6.25. The molecule has 0 heterocycles. The first kappa shape index (κ1) is 17.4. The second-order valence-corrected chi connectivity index (χ2v) is 9.28.